The third-order valence-electron chi connectivity index (χ3n) is 3.73. The van der Waals surface area contributed by atoms with Crippen molar-refractivity contribution in [1.29, 1.82) is 0 Å². The quantitative estimate of drug-likeness (QED) is 0.456. The Morgan fingerprint density at radius 1 is 0.708 bits per heavy atom. The molecule has 0 saturated heterocycles. The molecule has 0 saturated carbocycles. The summed E-state index contributed by atoms with van der Waals surface area (Å²) in [6.45, 7) is 12.6. The van der Waals surface area contributed by atoms with E-state index in [-0.39, 0.29) is 16.5 Å². The molecule has 0 atom stereocenters. The van der Waals surface area contributed by atoms with Gasteiger partial charge in [0.25, 0.3) is 0 Å². The van der Waals surface area contributed by atoms with E-state index in [1.165, 1.54) is 22.3 Å². The molecule has 24 heavy (non-hydrogen) atoms. The van der Waals surface area contributed by atoms with Gasteiger partial charge >= 0.3 is 0 Å². The van der Waals surface area contributed by atoms with Crippen LogP contribution >= 0.6 is 0 Å². The number of hydrogen-bond acceptors (Lipinski definition) is 2. The normalized spacial score (nSPS) is 12.1. The van der Waals surface area contributed by atoms with E-state index in [9.17, 15) is 0 Å². The van der Waals surface area contributed by atoms with Crippen molar-refractivity contribution in [2.45, 2.75) is 48.0 Å². The zero-order valence-corrected chi connectivity index (χ0v) is 16.4. The number of rotatable bonds is 4. The van der Waals surface area contributed by atoms with Gasteiger partial charge in [-0.2, -0.15) is 0 Å². The van der Waals surface area contributed by atoms with Crippen molar-refractivity contribution < 1.29 is 16.5 Å². The van der Waals surface area contributed by atoms with Crippen LogP contribution in [0.25, 0.3) is 0 Å². The molecule has 130 valence electrons. The van der Waals surface area contributed by atoms with E-state index >= 15 is 0 Å². The van der Waals surface area contributed by atoms with Crippen molar-refractivity contribution in [1.82, 2.24) is 0 Å². The molecule has 0 aliphatic carbocycles. The SMILES string of the molecule is CCC(=Nc1cc(C)cc(C)c1)C(C)=Nc1cc(C)cc(C)c1.[Ni]. The number of benzene rings is 2. The van der Waals surface area contributed by atoms with Gasteiger partial charge in [0.1, 0.15) is 0 Å². The van der Waals surface area contributed by atoms with Crippen LogP contribution in [0.15, 0.2) is 46.4 Å². The van der Waals surface area contributed by atoms with E-state index in [2.05, 4.69) is 71.0 Å². The third-order valence-corrected chi connectivity index (χ3v) is 3.73. The fourth-order valence-corrected chi connectivity index (χ4v) is 2.86. The van der Waals surface area contributed by atoms with Crippen LogP contribution in [-0.4, -0.2) is 11.4 Å². The Bertz CT molecular complexity index is 733. The Morgan fingerprint density at radius 2 is 1.08 bits per heavy atom. The number of nitrogens with zero attached hydrogens (tertiary/aromatic N) is 2. The number of aliphatic imine (C=N–C) groups is 2. The molecule has 0 bridgehead atoms. The van der Waals surface area contributed by atoms with Crippen LogP contribution in [0.1, 0.15) is 42.5 Å². The van der Waals surface area contributed by atoms with Crippen molar-refractivity contribution in [2.75, 3.05) is 0 Å². The molecule has 2 aromatic carbocycles. The van der Waals surface area contributed by atoms with Crippen LogP contribution in [0.4, 0.5) is 11.4 Å². The van der Waals surface area contributed by atoms with Crippen LogP contribution in [0.3, 0.4) is 0 Å². The first-order valence-corrected chi connectivity index (χ1v) is 8.17. The average molecular weight is 365 g/mol. The van der Waals surface area contributed by atoms with E-state index in [0.717, 1.165) is 29.2 Å². The van der Waals surface area contributed by atoms with Crippen molar-refractivity contribution in [3.8, 4) is 0 Å². The van der Waals surface area contributed by atoms with Gasteiger partial charge in [-0.1, -0.05) is 19.1 Å². The molecule has 0 aliphatic rings. The molecule has 3 heteroatoms. The van der Waals surface area contributed by atoms with Crippen LogP contribution < -0.4 is 0 Å². The van der Waals surface area contributed by atoms with Gasteiger partial charge in [-0.15, -0.1) is 0 Å². The van der Waals surface area contributed by atoms with Gasteiger partial charge in [0.2, 0.25) is 0 Å². The van der Waals surface area contributed by atoms with Crippen LogP contribution in [0, 0.1) is 27.7 Å². The van der Waals surface area contributed by atoms with E-state index in [1.54, 1.807) is 0 Å². The first-order valence-electron chi connectivity index (χ1n) is 8.17. The molecule has 0 amide bonds. The Hall–Kier alpha value is -1.73. The van der Waals surface area contributed by atoms with E-state index in [0.29, 0.717) is 0 Å². The second kappa shape index (κ2) is 8.94. The largest absolute Gasteiger partial charge is 0.252 e. The Balaban J connectivity index is 0.00000288. The zero-order valence-electron chi connectivity index (χ0n) is 15.4. The standard InChI is InChI=1S/C21H26N2.Ni/c1-7-21(23-20-12-16(4)9-17(5)13-20)18(6)22-19-10-14(2)8-15(3)11-19;/h8-13H,7H2,1-6H3;. The van der Waals surface area contributed by atoms with Gasteiger partial charge in [0.15, 0.2) is 0 Å². The topological polar surface area (TPSA) is 24.7 Å². The molecule has 0 spiro atoms. The predicted octanol–water partition coefficient (Wildman–Crippen LogP) is 6.19. The minimum absolute atomic E-state index is 0. The summed E-state index contributed by atoms with van der Waals surface area (Å²) >= 11 is 0. The minimum Gasteiger partial charge on any atom is -0.252 e. The van der Waals surface area contributed by atoms with Crippen molar-refractivity contribution in [2.24, 2.45) is 9.98 Å². The molecule has 0 radical (unpaired) electrons. The molecule has 2 rings (SSSR count). The summed E-state index contributed by atoms with van der Waals surface area (Å²) in [5, 5.41) is 0. The van der Waals surface area contributed by atoms with Crippen molar-refractivity contribution in [3.05, 3.63) is 58.7 Å². The Kier molecular flexibility index (Phi) is 7.57. The molecule has 0 aromatic heterocycles. The van der Waals surface area contributed by atoms with Crippen molar-refractivity contribution in [3.63, 3.8) is 0 Å². The first kappa shape index (κ1) is 20.3. The molecule has 0 aliphatic heterocycles. The van der Waals surface area contributed by atoms with E-state index < -0.39 is 0 Å². The maximum atomic E-state index is 4.83. The summed E-state index contributed by atoms with van der Waals surface area (Å²) in [7, 11) is 0. The first-order chi connectivity index (χ1) is 10.9. The number of aryl methyl sites for hydroxylation is 4. The molecule has 2 aromatic rings. The molecule has 0 heterocycles. The van der Waals surface area contributed by atoms with Gasteiger partial charge in [-0.3, -0.25) is 9.98 Å². The van der Waals surface area contributed by atoms with Crippen LogP contribution in [0.2, 0.25) is 0 Å². The van der Waals surface area contributed by atoms with Gasteiger partial charge in [-0.05, 0) is 87.6 Å². The van der Waals surface area contributed by atoms with Crippen molar-refractivity contribution >= 4 is 22.8 Å². The second-order valence-electron chi connectivity index (χ2n) is 6.30. The summed E-state index contributed by atoms with van der Waals surface area (Å²) in [5.41, 5.74) is 8.98. The molecule has 0 N–H and O–H groups in total. The van der Waals surface area contributed by atoms with Gasteiger partial charge < -0.3 is 0 Å². The summed E-state index contributed by atoms with van der Waals surface area (Å²) in [6, 6.07) is 12.8. The third kappa shape index (κ3) is 5.72. The predicted molar refractivity (Wildman–Crippen MR) is 102 cm³/mol. The second-order valence-corrected chi connectivity index (χ2v) is 6.30. The summed E-state index contributed by atoms with van der Waals surface area (Å²) < 4.78 is 0. The molecule has 0 unspecified atom stereocenters. The molecule has 0 fully saturated rings. The summed E-state index contributed by atoms with van der Waals surface area (Å²) in [5.74, 6) is 0. The Labute approximate surface area is 156 Å². The van der Waals surface area contributed by atoms with Crippen LogP contribution in [0.5, 0.6) is 0 Å². The van der Waals surface area contributed by atoms with Gasteiger partial charge in [0, 0.05) is 16.5 Å². The van der Waals surface area contributed by atoms with E-state index in [1.807, 2.05) is 6.92 Å². The number of hydrogen-bond donors (Lipinski definition) is 0. The fraction of sp³-hybridized carbons (Fsp3) is 0.333. The zero-order chi connectivity index (χ0) is 17.0. The van der Waals surface area contributed by atoms with Gasteiger partial charge in [-0.25, -0.2) is 0 Å². The average Bonchev–Trinajstić information content (AvgIpc) is 2.42. The smallest absolute Gasteiger partial charge is 0.0639 e. The Morgan fingerprint density at radius 3 is 1.46 bits per heavy atom. The molecular weight excluding hydrogens is 339 g/mol. The maximum absolute atomic E-state index is 4.83. The molecular formula is C21H26N2Ni. The van der Waals surface area contributed by atoms with E-state index in [4.69, 9.17) is 9.98 Å². The fourth-order valence-electron chi connectivity index (χ4n) is 2.86. The molecule has 2 nitrogen and oxygen atoms in total. The monoisotopic (exact) mass is 364 g/mol. The maximum Gasteiger partial charge on any atom is 0.0639 e. The van der Waals surface area contributed by atoms with Crippen LogP contribution in [-0.2, 0) is 16.5 Å². The van der Waals surface area contributed by atoms with Gasteiger partial charge in [0.05, 0.1) is 22.8 Å². The summed E-state index contributed by atoms with van der Waals surface area (Å²) in [4.78, 5) is 9.60. The summed E-state index contributed by atoms with van der Waals surface area (Å²) in [6.07, 6.45) is 0.868. The minimum atomic E-state index is 0.